The third kappa shape index (κ3) is 5.45. The van der Waals surface area contributed by atoms with Gasteiger partial charge in [0.05, 0.1) is 21.5 Å². The molecule has 0 aliphatic heterocycles. The molecule has 3 aromatic rings. The number of amides is 2. The van der Waals surface area contributed by atoms with E-state index in [1.807, 2.05) is 6.07 Å². The average molecular weight is 433 g/mol. The monoisotopic (exact) mass is 432 g/mol. The highest BCUT2D eigenvalue weighted by atomic mass is 35.5. The van der Waals surface area contributed by atoms with E-state index >= 15 is 0 Å². The lowest BCUT2D eigenvalue weighted by Gasteiger charge is -2.08. The molecule has 2 amide bonds. The average Bonchev–Trinajstić information content (AvgIpc) is 2.71. The van der Waals surface area contributed by atoms with E-state index in [0.717, 1.165) is 0 Å². The van der Waals surface area contributed by atoms with Crippen molar-refractivity contribution in [3.63, 3.8) is 0 Å². The number of aromatic nitrogens is 2. The summed E-state index contributed by atoms with van der Waals surface area (Å²) in [6, 6.07) is 17.1. The topological polar surface area (TPSA) is 84.0 Å². The first-order valence-corrected chi connectivity index (χ1v) is 9.84. The van der Waals surface area contributed by atoms with Gasteiger partial charge in [0, 0.05) is 5.56 Å². The highest BCUT2D eigenvalue weighted by Gasteiger charge is 2.10. The zero-order valence-corrected chi connectivity index (χ0v) is 16.7. The van der Waals surface area contributed by atoms with Crippen LogP contribution in [0.4, 0.5) is 11.5 Å². The zero-order chi connectivity index (χ0) is 19.9. The molecule has 0 atom stereocenters. The van der Waals surface area contributed by atoms with E-state index in [1.54, 1.807) is 54.6 Å². The number of anilines is 2. The van der Waals surface area contributed by atoms with Gasteiger partial charge in [-0.25, -0.2) is 0 Å². The molecule has 1 heterocycles. The van der Waals surface area contributed by atoms with E-state index < -0.39 is 0 Å². The maximum absolute atomic E-state index is 12.1. The minimum Gasteiger partial charge on any atom is -0.324 e. The second kappa shape index (κ2) is 9.54. The Labute approximate surface area is 175 Å². The number of nitrogens with one attached hydrogen (secondary N) is 2. The Morgan fingerprint density at radius 2 is 1.68 bits per heavy atom. The van der Waals surface area contributed by atoms with Crippen molar-refractivity contribution in [2.75, 3.05) is 16.4 Å². The Balaban J connectivity index is 1.52. The number of carbonyl (C=O) groups excluding carboxylic acids is 2. The molecule has 28 heavy (non-hydrogen) atoms. The summed E-state index contributed by atoms with van der Waals surface area (Å²) >= 11 is 13.2. The van der Waals surface area contributed by atoms with Gasteiger partial charge in [0.1, 0.15) is 5.03 Å². The number of halogens is 2. The fourth-order valence-electron chi connectivity index (χ4n) is 2.17. The van der Waals surface area contributed by atoms with Crippen LogP contribution in [-0.4, -0.2) is 27.8 Å². The number of nitrogens with zero attached hydrogens (tertiary/aromatic N) is 2. The molecular formula is C19H14Cl2N4O2S. The number of rotatable bonds is 6. The second-order valence-corrected chi connectivity index (χ2v) is 7.30. The predicted molar refractivity (Wildman–Crippen MR) is 112 cm³/mol. The number of hydrogen-bond donors (Lipinski definition) is 2. The molecule has 0 saturated heterocycles. The largest absolute Gasteiger partial charge is 0.324 e. The van der Waals surface area contributed by atoms with E-state index in [-0.39, 0.29) is 17.6 Å². The minimum absolute atomic E-state index is 0.118. The summed E-state index contributed by atoms with van der Waals surface area (Å²) in [5, 5.41) is 14.5. The summed E-state index contributed by atoms with van der Waals surface area (Å²) < 4.78 is 0. The smallest absolute Gasteiger partial charge is 0.256 e. The van der Waals surface area contributed by atoms with Crippen LogP contribution in [0.2, 0.25) is 10.0 Å². The maximum Gasteiger partial charge on any atom is 0.256 e. The fraction of sp³-hybridized carbons (Fsp3) is 0.0526. The lowest BCUT2D eigenvalue weighted by Crippen LogP contribution is -2.15. The predicted octanol–water partition coefficient (Wildman–Crippen LogP) is 4.77. The molecule has 6 nitrogen and oxygen atoms in total. The van der Waals surface area contributed by atoms with Gasteiger partial charge in [0.25, 0.3) is 5.91 Å². The van der Waals surface area contributed by atoms with Crippen LogP contribution in [0.5, 0.6) is 0 Å². The lowest BCUT2D eigenvalue weighted by atomic mass is 10.2. The van der Waals surface area contributed by atoms with Gasteiger partial charge in [-0.1, -0.05) is 59.2 Å². The van der Waals surface area contributed by atoms with Crippen molar-refractivity contribution in [3.8, 4) is 0 Å². The van der Waals surface area contributed by atoms with Crippen molar-refractivity contribution < 1.29 is 9.59 Å². The van der Waals surface area contributed by atoms with Crippen LogP contribution in [0.1, 0.15) is 10.4 Å². The van der Waals surface area contributed by atoms with E-state index in [9.17, 15) is 9.59 Å². The molecule has 1 aromatic heterocycles. The Bertz CT molecular complexity index is 985. The van der Waals surface area contributed by atoms with E-state index in [2.05, 4.69) is 20.8 Å². The van der Waals surface area contributed by atoms with Crippen molar-refractivity contribution in [2.24, 2.45) is 0 Å². The summed E-state index contributed by atoms with van der Waals surface area (Å²) in [7, 11) is 0. The maximum atomic E-state index is 12.1. The molecule has 0 radical (unpaired) electrons. The van der Waals surface area contributed by atoms with Crippen LogP contribution in [0, 0.1) is 0 Å². The van der Waals surface area contributed by atoms with Gasteiger partial charge < -0.3 is 10.6 Å². The highest BCUT2D eigenvalue weighted by molar-refractivity contribution is 7.99. The van der Waals surface area contributed by atoms with Gasteiger partial charge in [0.15, 0.2) is 5.82 Å². The Kier molecular flexibility index (Phi) is 6.86. The summed E-state index contributed by atoms with van der Waals surface area (Å²) in [6.45, 7) is 0. The summed E-state index contributed by atoms with van der Waals surface area (Å²) in [5.41, 5.74) is 0.976. The molecule has 0 aliphatic rings. The van der Waals surface area contributed by atoms with Gasteiger partial charge in [-0.2, -0.15) is 0 Å². The van der Waals surface area contributed by atoms with E-state index in [1.165, 1.54) is 11.8 Å². The van der Waals surface area contributed by atoms with Gasteiger partial charge >= 0.3 is 0 Å². The first-order valence-electron chi connectivity index (χ1n) is 8.10. The molecule has 3 rings (SSSR count). The Hall–Kier alpha value is -2.61. The molecule has 0 spiro atoms. The van der Waals surface area contributed by atoms with Crippen LogP contribution >= 0.6 is 35.0 Å². The normalized spacial score (nSPS) is 10.4. The first kappa shape index (κ1) is 20.1. The van der Waals surface area contributed by atoms with Crippen molar-refractivity contribution in [2.45, 2.75) is 5.03 Å². The molecule has 0 bridgehead atoms. The molecule has 0 aliphatic carbocycles. The molecular weight excluding hydrogens is 419 g/mol. The van der Waals surface area contributed by atoms with Crippen LogP contribution in [-0.2, 0) is 4.79 Å². The van der Waals surface area contributed by atoms with Crippen LogP contribution in [0.15, 0.2) is 65.7 Å². The van der Waals surface area contributed by atoms with Gasteiger partial charge in [-0.3, -0.25) is 9.59 Å². The lowest BCUT2D eigenvalue weighted by molar-refractivity contribution is -0.113. The SMILES string of the molecule is O=C(CSc1ccc(NC(=O)c2ccccc2)nn1)Nc1cccc(Cl)c1Cl. The molecule has 2 aromatic carbocycles. The number of thioether (sulfide) groups is 1. The molecule has 0 fully saturated rings. The van der Waals surface area contributed by atoms with Crippen LogP contribution in [0.3, 0.4) is 0 Å². The van der Waals surface area contributed by atoms with Crippen LogP contribution in [0.25, 0.3) is 0 Å². The molecule has 9 heteroatoms. The third-order valence-corrected chi connectivity index (χ3v) is 5.23. The molecule has 142 valence electrons. The van der Waals surface area contributed by atoms with Crippen LogP contribution < -0.4 is 10.6 Å². The third-order valence-electron chi connectivity index (χ3n) is 3.49. The number of benzene rings is 2. The van der Waals surface area contributed by atoms with E-state index in [4.69, 9.17) is 23.2 Å². The summed E-state index contributed by atoms with van der Waals surface area (Å²) in [4.78, 5) is 24.2. The second-order valence-electron chi connectivity index (χ2n) is 5.52. The van der Waals surface area contributed by atoms with Gasteiger partial charge in [0.2, 0.25) is 5.91 Å². The zero-order valence-electron chi connectivity index (χ0n) is 14.4. The minimum atomic E-state index is -0.270. The van der Waals surface area contributed by atoms with Gasteiger partial charge in [-0.15, -0.1) is 10.2 Å². The summed E-state index contributed by atoms with van der Waals surface area (Å²) in [5.74, 6) is -0.0772. The van der Waals surface area contributed by atoms with Gasteiger partial charge in [-0.05, 0) is 36.4 Å². The Morgan fingerprint density at radius 1 is 0.893 bits per heavy atom. The number of carbonyl (C=O) groups is 2. The highest BCUT2D eigenvalue weighted by Crippen LogP contribution is 2.29. The standard InChI is InChI=1S/C19H14Cl2N4O2S/c20-13-7-4-8-14(18(13)21)22-16(26)11-28-17-10-9-15(24-25-17)23-19(27)12-5-2-1-3-6-12/h1-10H,11H2,(H,22,26)(H,23,24,27). The first-order chi connectivity index (χ1) is 13.5. The quantitative estimate of drug-likeness (QED) is 0.548. The van der Waals surface area contributed by atoms with Crippen molar-refractivity contribution in [3.05, 3.63) is 76.3 Å². The van der Waals surface area contributed by atoms with Crippen molar-refractivity contribution in [1.29, 1.82) is 0 Å². The van der Waals surface area contributed by atoms with E-state index in [0.29, 0.717) is 32.1 Å². The fourth-order valence-corrected chi connectivity index (χ4v) is 3.13. The van der Waals surface area contributed by atoms with Crippen molar-refractivity contribution >= 4 is 58.3 Å². The molecule has 2 N–H and O–H groups in total. The molecule has 0 saturated carbocycles. The van der Waals surface area contributed by atoms with Crippen molar-refractivity contribution in [1.82, 2.24) is 10.2 Å². The number of hydrogen-bond acceptors (Lipinski definition) is 5. The Morgan fingerprint density at radius 3 is 2.39 bits per heavy atom. The summed E-state index contributed by atoms with van der Waals surface area (Å²) in [6.07, 6.45) is 0. The molecule has 0 unspecified atom stereocenters.